The van der Waals surface area contributed by atoms with Gasteiger partial charge in [0.2, 0.25) is 0 Å². The van der Waals surface area contributed by atoms with Crippen molar-refractivity contribution < 1.29 is 4.79 Å². The van der Waals surface area contributed by atoms with E-state index < -0.39 is 0 Å². The first-order valence-electron chi connectivity index (χ1n) is 9.62. The molecule has 136 valence electrons. The Labute approximate surface area is 158 Å². The van der Waals surface area contributed by atoms with Crippen molar-refractivity contribution >= 4 is 17.4 Å². The van der Waals surface area contributed by atoms with Gasteiger partial charge in [-0.25, -0.2) is 0 Å². The normalized spacial score (nSPS) is 13.6. The molecule has 0 unspecified atom stereocenters. The Morgan fingerprint density at radius 3 is 2.35 bits per heavy atom. The average molecular weight is 347 g/mol. The number of rotatable bonds is 5. The van der Waals surface area contributed by atoms with Crippen LogP contribution in [0.1, 0.15) is 63.1 Å². The van der Waals surface area contributed by atoms with Gasteiger partial charge in [-0.3, -0.25) is 0 Å². The fourth-order valence-corrected chi connectivity index (χ4v) is 3.18. The predicted molar refractivity (Wildman–Crippen MR) is 113 cm³/mol. The first kappa shape index (κ1) is 19.9. The van der Waals surface area contributed by atoms with Gasteiger partial charge >= 0.3 is 0 Å². The van der Waals surface area contributed by atoms with Crippen LogP contribution in [0.4, 0.5) is 0 Å². The number of benzene rings is 2. The number of allylic oxidation sites excluding steroid dienone is 4. The van der Waals surface area contributed by atoms with Gasteiger partial charge in [0.15, 0.2) is 0 Å². The Morgan fingerprint density at radius 2 is 1.69 bits per heavy atom. The van der Waals surface area contributed by atoms with Crippen LogP contribution in [0, 0.1) is 0 Å². The molecule has 0 saturated heterocycles. The van der Waals surface area contributed by atoms with E-state index in [2.05, 4.69) is 81.4 Å². The minimum Gasteiger partial charge on any atom is -0.303 e. The Kier molecular flexibility index (Phi) is 8.08. The first-order valence-corrected chi connectivity index (χ1v) is 9.62. The summed E-state index contributed by atoms with van der Waals surface area (Å²) in [7, 11) is 0. The number of aldehydes is 1. The highest BCUT2D eigenvalue weighted by molar-refractivity contribution is 5.86. The average Bonchev–Trinajstić information content (AvgIpc) is 2.69. The van der Waals surface area contributed by atoms with Crippen molar-refractivity contribution in [3.8, 4) is 0 Å². The maximum Gasteiger partial charge on any atom is 0.119 e. The summed E-state index contributed by atoms with van der Waals surface area (Å²) in [4.78, 5) is 9.56. The van der Waals surface area contributed by atoms with Crippen molar-refractivity contribution in [2.45, 2.75) is 52.9 Å². The quantitative estimate of drug-likeness (QED) is 0.426. The number of carbonyl (C=O) groups excluding carboxylic acids is 1. The minimum absolute atomic E-state index is 0.733. The third kappa shape index (κ3) is 5.56. The van der Waals surface area contributed by atoms with Crippen LogP contribution in [0.5, 0.6) is 0 Å². The van der Waals surface area contributed by atoms with E-state index >= 15 is 0 Å². The number of hydrogen-bond acceptors (Lipinski definition) is 1. The predicted octanol–water partition coefficient (Wildman–Crippen LogP) is 6.89. The molecule has 2 aromatic carbocycles. The van der Waals surface area contributed by atoms with Gasteiger partial charge in [-0.1, -0.05) is 79.6 Å². The zero-order valence-corrected chi connectivity index (χ0v) is 16.3. The number of unbranched alkanes of at least 4 members (excludes halogenated alkanes) is 2. The molecule has 0 N–H and O–H groups in total. The third-order valence-electron chi connectivity index (χ3n) is 4.80. The van der Waals surface area contributed by atoms with Crippen molar-refractivity contribution in [2.75, 3.05) is 0 Å². The van der Waals surface area contributed by atoms with E-state index in [0.29, 0.717) is 0 Å². The van der Waals surface area contributed by atoms with Crippen LogP contribution in [-0.4, -0.2) is 6.29 Å². The van der Waals surface area contributed by atoms with E-state index in [0.717, 1.165) is 25.5 Å². The summed E-state index contributed by atoms with van der Waals surface area (Å²) in [6.07, 6.45) is 8.56. The molecule has 0 radical (unpaired) electrons. The summed E-state index contributed by atoms with van der Waals surface area (Å²) in [5.74, 6) is 0. The van der Waals surface area contributed by atoms with Crippen LogP contribution >= 0.6 is 0 Å². The number of carbonyl (C=O) groups is 1. The Balaban J connectivity index is 0.000000352. The van der Waals surface area contributed by atoms with Gasteiger partial charge in [0.25, 0.3) is 0 Å². The van der Waals surface area contributed by atoms with E-state index in [-0.39, 0.29) is 0 Å². The van der Waals surface area contributed by atoms with Crippen molar-refractivity contribution in [1.82, 2.24) is 0 Å². The van der Waals surface area contributed by atoms with Crippen molar-refractivity contribution in [3.63, 3.8) is 0 Å². The van der Waals surface area contributed by atoms with Gasteiger partial charge in [-0.2, -0.15) is 0 Å². The second-order valence-electron chi connectivity index (χ2n) is 6.85. The molecule has 0 aliphatic heterocycles. The van der Waals surface area contributed by atoms with E-state index in [9.17, 15) is 4.79 Å². The highest BCUT2D eigenvalue weighted by atomic mass is 16.1. The molecule has 0 aromatic heterocycles. The number of aryl methyl sites for hydroxylation is 1. The zero-order valence-electron chi connectivity index (χ0n) is 16.3. The molecule has 0 amide bonds. The van der Waals surface area contributed by atoms with Crippen molar-refractivity contribution in [2.24, 2.45) is 0 Å². The second-order valence-corrected chi connectivity index (χ2v) is 6.85. The summed E-state index contributed by atoms with van der Waals surface area (Å²) >= 11 is 0. The third-order valence-corrected chi connectivity index (χ3v) is 4.80. The smallest absolute Gasteiger partial charge is 0.119 e. The molecule has 0 atom stereocenters. The zero-order chi connectivity index (χ0) is 18.8. The molecule has 3 rings (SSSR count). The van der Waals surface area contributed by atoms with Crippen molar-refractivity contribution in [1.29, 1.82) is 0 Å². The summed E-state index contributed by atoms with van der Waals surface area (Å²) in [6.45, 7) is 6.54. The van der Waals surface area contributed by atoms with E-state index in [1.807, 2.05) is 0 Å². The number of hydrogen-bond donors (Lipinski definition) is 0. The lowest BCUT2D eigenvalue weighted by atomic mass is 9.85. The summed E-state index contributed by atoms with van der Waals surface area (Å²) in [5, 5.41) is 0. The maximum absolute atomic E-state index is 9.56. The van der Waals surface area contributed by atoms with Crippen LogP contribution in [0.2, 0.25) is 0 Å². The number of fused-ring (bicyclic) bond motifs is 1. The molecule has 1 nitrogen and oxygen atoms in total. The van der Waals surface area contributed by atoms with E-state index in [1.54, 1.807) is 0 Å². The molecule has 0 bridgehead atoms. The Bertz CT molecular complexity index is 766. The topological polar surface area (TPSA) is 17.1 Å². The minimum atomic E-state index is 0.733. The lowest BCUT2D eigenvalue weighted by Crippen LogP contribution is -2.02. The van der Waals surface area contributed by atoms with Gasteiger partial charge in [-0.05, 0) is 60.9 Å². The van der Waals surface area contributed by atoms with E-state index in [4.69, 9.17) is 0 Å². The Morgan fingerprint density at radius 1 is 1.00 bits per heavy atom. The maximum atomic E-state index is 9.56. The molecule has 0 heterocycles. The van der Waals surface area contributed by atoms with Crippen LogP contribution in [-0.2, 0) is 11.2 Å². The first-order chi connectivity index (χ1) is 12.7. The lowest BCUT2D eigenvalue weighted by molar-refractivity contribution is -0.107. The highest BCUT2D eigenvalue weighted by Crippen LogP contribution is 2.33. The van der Waals surface area contributed by atoms with Gasteiger partial charge in [0.1, 0.15) is 6.29 Å². The summed E-state index contributed by atoms with van der Waals surface area (Å²) in [5.41, 5.74) is 8.43. The lowest BCUT2D eigenvalue weighted by Gasteiger charge is -2.20. The van der Waals surface area contributed by atoms with Gasteiger partial charge < -0.3 is 4.79 Å². The molecule has 0 fully saturated rings. The van der Waals surface area contributed by atoms with E-state index in [1.165, 1.54) is 46.3 Å². The molecule has 0 saturated carbocycles. The van der Waals surface area contributed by atoms with Gasteiger partial charge in [0.05, 0.1) is 0 Å². The summed E-state index contributed by atoms with van der Waals surface area (Å²) in [6, 6.07) is 19.4. The monoisotopic (exact) mass is 346 g/mol. The molecular formula is C25H30O. The SMILES string of the molecule is CC1=C(/C=C(\C)c2ccccc2)c2ccccc2CC1.CCCCC=O. The van der Waals surface area contributed by atoms with Crippen LogP contribution < -0.4 is 0 Å². The fraction of sp³-hybridized carbons (Fsp3) is 0.320. The van der Waals surface area contributed by atoms with Crippen LogP contribution in [0.25, 0.3) is 11.1 Å². The standard InChI is InChI=1S/C20H20.C5H10O/c1-15-12-13-18-10-6-7-11-19(18)20(15)14-16(2)17-8-4-3-5-9-17;1-2-3-4-5-6/h3-11,14H,12-13H2,1-2H3;5H,2-4H2,1H3/b16-14+;. The summed E-state index contributed by atoms with van der Waals surface area (Å²) < 4.78 is 0. The second kappa shape index (κ2) is 10.6. The van der Waals surface area contributed by atoms with Crippen LogP contribution in [0.3, 0.4) is 0 Å². The molecule has 1 heteroatoms. The van der Waals surface area contributed by atoms with Crippen LogP contribution in [0.15, 0.2) is 66.2 Å². The largest absolute Gasteiger partial charge is 0.303 e. The molecular weight excluding hydrogens is 316 g/mol. The molecule has 26 heavy (non-hydrogen) atoms. The van der Waals surface area contributed by atoms with Crippen molar-refractivity contribution in [3.05, 3.63) is 82.9 Å². The molecule has 1 aliphatic carbocycles. The van der Waals surface area contributed by atoms with Gasteiger partial charge in [0, 0.05) is 6.42 Å². The van der Waals surface area contributed by atoms with Gasteiger partial charge in [-0.15, -0.1) is 0 Å². The molecule has 0 spiro atoms. The highest BCUT2D eigenvalue weighted by Gasteiger charge is 2.14. The Hall–Kier alpha value is -2.41. The molecule has 2 aromatic rings. The fourth-order valence-electron chi connectivity index (χ4n) is 3.18. The molecule has 1 aliphatic rings.